The molecule has 23 heavy (non-hydrogen) atoms. The molecule has 120 valence electrons. The molecule has 7 nitrogen and oxygen atoms in total. The van der Waals surface area contributed by atoms with Crippen LogP contribution in [0.15, 0.2) is 42.5 Å². The molecule has 1 atom stereocenters. The lowest BCUT2D eigenvalue weighted by Crippen LogP contribution is -2.47. The molecule has 1 aromatic carbocycles. The SMILES string of the molecule is N#CCCNC(=O)C(Cc1ccccc1)NC(=O)C=CC(=O)O. The van der Waals surface area contributed by atoms with Gasteiger partial charge in [0.2, 0.25) is 11.8 Å². The molecule has 0 fully saturated rings. The average molecular weight is 315 g/mol. The summed E-state index contributed by atoms with van der Waals surface area (Å²) in [6.07, 6.45) is 1.97. The smallest absolute Gasteiger partial charge is 0.328 e. The zero-order valence-corrected chi connectivity index (χ0v) is 12.4. The van der Waals surface area contributed by atoms with Crippen molar-refractivity contribution in [2.75, 3.05) is 6.54 Å². The molecule has 1 unspecified atom stereocenters. The summed E-state index contributed by atoms with van der Waals surface area (Å²) >= 11 is 0. The van der Waals surface area contributed by atoms with Crippen LogP contribution in [0.1, 0.15) is 12.0 Å². The van der Waals surface area contributed by atoms with E-state index in [-0.39, 0.29) is 19.4 Å². The number of rotatable bonds is 8. The predicted molar refractivity (Wildman–Crippen MR) is 82.1 cm³/mol. The summed E-state index contributed by atoms with van der Waals surface area (Å²) in [6, 6.07) is 10.1. The Morgan fingerprint density at radius 3 is 2.52 bits per heavy atom. The molecule has 3 N–H and O–H groups in total. The fraction of sp³-hybridized carbons (Fsp3) is 0.250. The topological polar surface area (TPSA) is 119 Å². The van der Waals surface area contributed by atoms with Crippen LogP contribution in [0.5, 0.6) is 0 Å². The van der Waals surface area contributed by atoms with E-state index in [2.05, 4.69) is 10.6 Å². The van der Waals surface area contributed by atoms with Crippen LogP contribution in [0.3, 0.4) is 0 Å². The van der Waals surface area contributed by atoms with Gasteiger partial charge in [-0.2, -0.15) is 5.26 Å². The number of carbonyl (C=O) groups is 3. The van der Waals surface area contributed by atoms with E-state index < -0.39 is 23.8 Å². The maximum atomic E-state index is 12.1. The van der Waals surface area contributed by atoms with E-state index in [0.717, 1.165) is 11.6 Å². The molecule has 1 aromatic rings. The molecule has 0 aliphatic heterocycles. The number of aliphatic carboxylic acids is 1. The van der Waals surface area contributed by atoms with E-state index in [1.807, 2.05) is 36.4 Å². The number of hydrogen-bond acceptors (Lipinski definition) is 4. The molecule has 0 aliphatic rings. The molecule has 0 saturated carbocycles. The monoisotopic (exact) mass is 315 g/mol. The number of nitrogens with one attached hydrogen (secondary N) is 2. The first-order valence-electron chi connectivity index (χ1n) is 6.93. The molecule has 0 aromatic heterocycles. The van der Waals surface area contributed by atoms with Gasteiger partial charge in [-0.05, 0) is 5.56 Å². The van der Waals surface area contributed by atoms with Crippen molar-refractivity contribution in [1.82, 2.24) is 10.6 Å². The average Bonchev–Trinajstić information content (AvgIpc) is 2.53. The molecular weight excluding hydrogens is 298 g/mol. The largest absolute Gasteiger partial charge is 0.478 e. The summed E-state index contributed by atoms with van der Waals surface area (Å²) in [6.45, 7) is 0.182. The summed E-state index contributed by atoms with van der Waals surface area (Å²) in [5.74, 6) is -2.36. The Labute approximate surface area is 133 Å². The van der Waals surface area contributed by atoms with Gasteiger partial charge in [-0.15, -0.1) is 0 Å². The molecule has 0 saturated heterocycles. The van der Waals surface area contributed by atoms with Gasteiger partial charge < -0.3 is 15.7 Å². The van der Waals surface area contributed by atoms with Crippen molar-refractivity contribution in [3.8, 4) is 6.07 Å². The first kappa shape index (κ1) is 17.9. The summed E-state index contributed by atoms with van der Waals surface area (Å²) in [4.78, 5) is 34.2. The summed E-state index contributed by atoms with van der Waals surface area (Å²) in [5.41, 5.74) is 0.843. The fourth-order valence-electron chi connectivity index (χ4n) is 1.79. The van der Waals surface area contributed by atoms with E-state index in [9.17, 15) is 14.4 Å². The zero-order chi connectivity index (χ0) is 17.1. The van der Waals surface area contributed by atoms with Crippen LogP contribution in [-0.2, 0) is 20.8 Å². The number of nitrogens with zero attached hydrogens (tertiary/aromatic N) is 1. The third kappa shape index (κ3) is 7.43. The highest BCUT2D eigenvalue weighted by atomic mass is 16.4. The van der Waals surface area contributed by atoms with E-state index >= 15 is 0 Å². The molecule has 0 aliphatic carbocycles. The maximum absolute atomic E-state index is 12.1. The molecular formula is C16H17N3O4. The highest BCUT2D eigenvalue weighted by Gasteiger charge is 2.20. The van der Waals surface area contributed by atoms with Gasteiger partial charge in [0, 0.05) is 25.1 Å². The molecule has 0 bridgehead atoms. The van der Waals surface area contributed by atoms with Crippen LogP contribution in [0.2, 0.25) is 0 Å². The van der Waals surface area contributed by atoms with Crippen LogP contribution >= 0.6 is 0 Å². The van der Waals surface area contributed by atoms with Gasteiger partial charge >= 0.3 is 5.97 Å². The molecule has 1 rings (SSSR count). The van der Waals surface area contributed by atoms with Crippen LogP contribution in [0, 0.1) is 11.3 Å². The van der Waals surface area contributed by atoms with Crippen molar-refractivity contribution in [1.29, 1.82) is 5.26 Å². The number of carboxylic acids is 1. The molecule has 0 heterocycles. The lowest BCUT2D eigenvalue weighted by Gasteiger charge is -2.17. The van der Waals surface area contributed by atoms with Crippen molar-refractivity contribution in [2.45, 2.75) is 18.9 Å². The van der Waals surface area contributed by atoms with Crippen LogP contribution in [-0.4, -0.2) is 35.5 Å². The first-order chi connectivity index (χ1) is 11.0. The third-order valence-corrected chi connectivity index (χ3v) is 2.83. The number of carbonyl (C=O) groups excluding carboxylic acids is 2. The van der Waals surface area contributed by atoms with E-state index in [4.69, 9.17) is 10.4 Å². The Balaban J connectivity index is 2.75. The minimum atomic E-state index is -1.25. The van der Waals surface area contributed by atoms with Gasteiger partial charge in [-0.3, -0.25) is 9.59 Å². The van der Waals surface area contributed by atoms with Crippen molar-refractivity contribution in [3.05, 3.63) is 48.0 Å². The Bertz CT molecular complexity index is 620. The van der Waals surface area contributed by atoms with Crippen molar-refractivity contribution < 1.29 is 19.5 Å². The first-order valence-corrected chi connectivity index (χ1v) is 6.93. The number of hydrogen-bond donors (Lipinski definition) is 3. The lowest BCUT2D eigenvalue weighted by molar-refractivity contribution is -0.131. The van der Waals surface area contributed by atoms with E-state index in [0.29, 0.717) is 6.08 Å². The highest BCUT2D eigenvalue weighted by molar-refractivity contribution is 5.96. The van der Waals surface area contributed by atoms with Crippen molar-refractivity contribution >= 4 is 17.8 Å². The fourth-order valence-corrected chi connectivity index (χ4v) is 1.79. The minimum absolute atomic E-state index is 0.163. The predicted octanol–water partition coefficient (Wildman–Crippen LogP) is 0.385. The van der Waals surface area contributed by atoms with Crippen molar-refractivity contribution in [3.63, 3.8) is 0 Å². The zero-order valence-electron chi connectivity index (χ0n) is 12.4. The van der Waals surface area contributed by atoms with E-state index in [1.165, 1.54) is 0 Å². The number of carboxylic acid groups (broad SMARTS) is 1. The number of nitriles is 1. The summed E-state index contributed by atoms with van der Waals surface area (Å²) in [5, 5.41) is 22.0. The third-order valence-electron chi connectivity index (χ3n) is 2.83. The summed E-state index contributed by atoms with van der Waals surface area (Å²) < 4.78 is 0. The second-order valence-electron chi connectivity index (χ2n) is 4.62. The number of benzene rings is 1. The van der Waals surface area contributed by atoms with Gasteiger partial charge in [-0.25, -0.2) is 4.79 Å². The van der Waals surface area contributed by atoms with E-state index in [1.54, 1.807) is 0 Å². The molecule has 7 heteroatoms. The lowest BCUT2D eigenvalue weighted by atomic mass is 10.1. The standard InChI is InChI=1S/C16H17N3O4/c17-9-4-10-18-16(23)13(11-12-5-2-1-3-6-12)19-14(20)7-8-15(21)22/h1-3,5-8,13H,4,10-11H2,(H,18,23)(H,19,20)(H,21,22). The minimum Gasteiger partial charge on any atom is -0.478 e. The summed E-state index contributed by atoms with van der Waals surface area (Å²) in [7, 11) is 0. The molecule has 0 radical (unpaired) electrons. The number of amides is 2. The second-order valence-corrected chi connectivity index (χ2v) is 4.62. The molecule has 0 spiro atoms. The molecule has 2 amide bonds. The van der Waals surface area contributed by atoms with Gasteiger partial charge in [0.25, 0.3) is 0 Å². The van der Waals surface area contributed by atoms with Gasteiger partial charge in [-0.1, -0.05) is 30.3 Å². The quantitative estimate of drug-likeness (QED) is 0.473. The Hall–Kier alpha value is -3.14. The Morgan fingerprint density at radius 2 is 1.91 bits per heavy atom. The van der Waals surface area contributed by atoms with Gasteiger partial charge in [0.05, 0.1) is 12.5 Å². The van der Waals surface area contributed by atoms with Gasteiger partial charge in [0.1, 0.15) is 6.04 Å². The maximum Gasteiger partial charge on any atom is 0.328 e. The van der Waals surface area contributed by atoms with Crippen LogP contribution < -0.4 is 10.6 Å². The van der Waals surface area contributed by atoms with Gasteiger partial charge in [0.15, 0.2) is 0 Å². The van der Waals surface area contributed by atoms with Crippen molar-refractivity contribution in [2.24, 2.45) is 0 Å². The normalized spacial score (nSPS) is 11.4. The van der Waals surface area contributed by atoms with Crippen LogP contribution in [0.4, 0.5) is 0 Å². The Morgan fingerprint density at radius 1 is 1.22 bits per heavy atom. The highest BCUT2D eigenvalue weighted by Crippen LogP contribution is 2.04. The van der Waals surface area contributed by atoms with Crippen LogP contribution in [0.25, 0.3) is 0 Å². The second kappa shape index (κ2) is 9.73. The Kier molecular flexibility index (Phi) is 7.58.